The lowest BCUT2D eigenvalue weighted by Gasteiger charge is -2.19. The maximum Gasteiger partial charge on any atom is 0.328 e. The molecule has 1 aromatic carbocycles. The molecular weight excluding hydrogens is 228 g/mol. The quantitative estimate of drug-likeness (QED) is 0.814. The first-order valence-electron chi connectivity index (χ1n) is 6.10. The molecule has 0 unspecified atom stereocenters. The van der Waals surface area contributed by atoms with Gasteiger partial charge in [0.15, 0.2) is 5.78 Å². The first kappa shape index (κ1) is 12.6. The van der Waals surface area contributed by atoms with Gasteiger partial charge < -0.3 is 5.11 Å². The maximum atomic E-state index is 12.2. The number of carboxylic acid groups (broad SMARTS) is 1. The van der Waals surface area contributed by atoms with E-state index in [-0.39, 0.29) is 5.78 Å². The molecule has 0 saturated carbocycles. The molecule has 3 nitrogen and oxygen atoms in total. The van der Waals surface area contributed by atoms with Crippen LogP contribution in [0.4, 0.5) is 0 Å². The number of hydrogen-bond donors (Lipinski definition) is 1. The van der Waals surface area contributed by atoms with Gasteiger partial charge in [-0.1, -0.05) is 26.0 Å². The van der Waals surface area contributed by atoms with Gasteiger partial charge in [0.05, 0.1) is 0 Å². The SMILES string of the molecule is CC(C)c1ccc2c(c1)C(=O)/C(=C/C(=O)O)CC2. The van der Waals surface area contributed by atoms with E-state index >= 15 is 0 Å². The Kier molecular flexibility index (Phi) is 3.32. The fourth-order valence-corrected chi connectivity index (χ4v) is 2.23. The number of ketones is 1. The Labute approximate surface area is 106 Å². The van der Waals surface area contributed by atoms with Gasteiger partial charge in [-0.3, -0.25) is 4.79 Å². The Morgan fingerprint density at radius 1 is 1.33 bits per heavy atom. The molecule has 0 fully saturated rings. The third-order valence-corrected chi connectivity index (χ3v) is 3.30. The van der Waals surface area contributed by atoms with Crippen molar-refractivity contribution in [2.24, 2.45) is 0 Å². The molecule has 0 aliphatic heterocycles. The van der Waals surface area contributed by atoms with Crippen LogP contribution < -0.4 is 0 Å². The van der Waals surface area contributed by atoms with Crippen molar-refractivity contribution in [3.8, 4) is 0 Å². The average molecular weight is 244 g/mol. The number of aliphatic carboxylic acids is 1. The van der Waals surface area contributed by atoms with E-state index in [4.69, 9.17) is 5.11 Å². The van der Waals surface area contributed by atoms with E-state index in [1.165, 1.54) is 0 Å². The highest BCUT2D eigenvalue weighted by atomic mass is 16.4. The molecule has 1 N–H and O–H groups in total. The first-order chi connectivity index (χ1) is 8.49. The normalized spacial score (nSPS) is 17.1. The topological polar surface area (TPSA) is 54.4 Å². The van der Waals surface area contributed by atoms with Crippen LogP contribution in [-0.4, -0.2) is 16.9 Å². The lowest BCUT2D eigenvalue weighted by Crippen LogP contribution is -2.16. The van der Waals surface area contributed by atoms with Gasteiger partial charge in [-0.15, -0.1) is 0 Å². The first-order valence-corrected chi connectivity index (χ1v) is 6.10. The zero-order chi connectivity index (χ0) is 13.3. The van der Waals surface area contributed by atoms with Crippen molar-refractivity contribution in [3.63, 3.8) is 0 Å². The van der Waals surface area contributed by atoms with Crippen LogP contribution in [0.1, 0.15) is 47.7 Å². The number of allylic oxidation sites excluding steroid dienone is 1. The summed E-state index contributed by atoms with van der Waals surface area (Å²) in [6.07, 6.45) is 2.28. The molecule has 3 heteroatoms. The number of carbonyl (C=O) groups excluding carboxylic acids is 1. The zero-order valence-electron chi connectivity index (χ0n) is 10.6. The van der Waals surface area contributed by atoms with Gasteiger partial charge in [-0.05, 0) is 36.0 Å². The van der Waals surface area contributed by atoms with Gasteiger partial charge in [0.25, 0.3) is 0 Å². The van der Waals surface area contributed by atoms with E-state index < -0.39 is 5.97 Å². The minimum Gasteiger partial charge on any atom is -0.478 e. The number of Topliss-reactive ketones (excluding diaryl/α,β-unsaturated/α-hetero) is 1. The number of fused-ring (bicyclic) bond motifs is 1. The van der Waals surface area contributed by atoms with Crippen molar-refractivity contribution in [2.75, 3.05) is 0 Å². The van der Waals surface area contributed by atoms with E-state index in [1.54, 1.807) is 0 Å². The van der Waals surface area contributed by atoms with E-state index in [0.29, 0.717) is 23.5 Å². The Morgan fingerprint density at radius 2 is 2.06 bits per heavy atom. The summed E-state index contributed by atoms with van der Waals surface area (Å²) >= 11 is 0. The Balaban J connectivity index is 2.44. The van der Waals surface area contributed by atoms with Gasteiger partial charge in [-0.25, -0.2) is 4.79 Å². The molecule has 0 atom stereocenters. The number of benzene rings is 1. The molecule has 0 spiro atoms. The summed E-state index contributed by atoms with van der Waals surface area (Å²) in [4.78, 5) is 22.9. The molecule has 1 aliphatic rings. The molecular formula is C15H16O3. The zero-order valence-corrected chi connectivity index (χ0v) is 10.6. The summed E-state index contributed by atoms with van der Waals surface area (Å²) in [7, 11) is 0. The Bertz CT molecular complexity index is 539. The second-order valence-electron chi connectivity index (χ2n) is 4.91. The molecule has 0 amide bonds. The molecule has 2 rings (SSSR count). The molecule has 18 heavy (non-hydrogen) atoms. The average Bonchev–Trinajstić information content (AvgIpc) is 2.32. The molecule has 0 heterocycles. The number of carbonyl (C=O) groups is 2. The van der Waals surface area contributed by atoms with Crippen LogP contribution in [0.2, 0.25) is 0 Å². The molecule has 1 aromatic rings. The second-order valence-corrected chi connectivity index (χ2v) is 4.91. The fourth-order valence-electron chi connectivity index (χ4n) is 2.23. The predicted molar refractivity (Wildman–Crippen MR) is 68.9 cm³/mol. The molecule has 0 aromatic heterocycles. The predicted octanol–water partition coefficient (Wildman–Crippen LogP) is 2.95. The van der Waals surface area contributed by atoms with Crippen molar-refractivity contribution in [2.45, 2.75) is 32.6 Å². The van der Waals surface area contributed by atoms with Crippen LogP contribution in [0, 0.1) is 0 Å². The lowest BCUT2D eigenvalue weighted by molar-refractivity contribution is -0.131. The summed E-state index contributed by atoms with van der Waals surface area (Å²) in [6.45, 7) is 4.14. The highest BCUT2D eigenvalue weighted by Gasteiger charge is 2.23. The third-order valence-electron chi connectivity index (χ3n) is 3.30. The second kappa shape index (κ2) is 4.77. The van der Waals surface area contributed by atoms with Crippen LogP contribution >= 0.6 is 0 Å². The summed E-state index contributed by atoms with van der Waals surface area (Å²) in [6, 6.07) is 5.93. The van der Waals surface area contributed by atoms with Crippen molar-refractivity contribution < 1.29 is 14.7 Å². The molecule has 0 saturated heterocycles. The summed E-state index contributed by atoms with van der Waals surface area (Å²) in [5, 5.41) is 8.75. The summed E-state index contributed by atoms with van der Waals surface area (Å²) in [5.74, 6) is -0.833. The van der Waals surface area contributed by atoms with Crippen molar-refractivity contribution in [1.29, 1.82) is 0 Å². The monoisotopic (exact) mass is 244 g/mol. The number of carboxylic acids is 1. The minimum absolute atomic E-state index is 0.138. The number of rotatable bonds is 2. The Morgan fingerprint density at radius 3 is 2.67 bits per heavy atom. The van der Waals surface area contributed by atoms with E-state index in [2.05, 4.69) is 13.8 Å². The summed E-state index contributed by atoms with van der Waals surface area (Å²) in [5.41, 5.74) is 3.20. The maximum absolute atomic E-state index is 12.2. The van der Waals surface area contributed by atoms with E-state index in [0.717, 1.165) is 23.6 Å². The number of aryl methyl sites for hydroxylation is 1. The van der Waals surface area contributed by atoms with Crippen LogP contribution in [0.5, 0.6) is 0 Å². The van der Waals surface area contributed by atoms with E-state index in [1.807, 2.05) is 18.2 Å². The van der Waals surface area contributed by atoms with Crippen LogP contribution in [0.15, 0.2) is 29.8 Å². The molecule has 0 bridgehead atoms. The van der Waals surface area contributed by atoms with Gasteiger partial charge in [0, 0.05) is 17.2 Å². The van der Waals surface area contributed by atoms with Crippen LogP contribution in [0.3, 0.4) is 0 Å². The van der Waals surface area contributed by atoms with E-state index in [9.17, 15) is 9.59 Å². The lowest BCUT2D eigenvalue weighted by atomic mass is 9.84. The fraction of sp³-hybridized carbons (Fsp3) is 0.333. The number of hydrogen-bond acceptors (Lipinski definition) is 2. The smallest absolute Gasteiger partial charge is 0.328 e. The van der Waals surface area contributed by atoms with Crippen molar-refractivity contribution in [3.05, 3.63) is 46.5 Å². The molecule has 0 radical (unpaired) electrons. The van der Waals surface area contributed by atoms with Crippen LogP contribution in [-0.2, 0) is 11.2 Å². The van der Waals surface area contributed by atoms with Crippen molar-refractivity contribution in [1.82, 2.24) is 0 Å². The van der Waals surface area contributed by atoms with Gasteiger partial charge in [0.2, 0.25) is 0 Å². The van der Waals surface area contributed by atoms with Crippen molar-refractivity contribution >= 4 is 11.8 Å². The van der Waals surface area contributed by atoms with Gasteiger partial charge in [-0.2, -0.15) is 0 Å². The van der Waals surface area contributed by atoms with Gasteiger partial charge >= 0.3 is 5.97 Å². The largest absolute Gasteiger partial charge is 0.478 e. The molecule has 94 valence electrons. The highest BCUT2D eigenvalue weighted by molar-refractivity contribution is 6.12. The summed E-state index contributed by atoms with van der Waals surface area (Å²) < 4.78 is 0. The Hall–Kier alpha value is -1.90. The third kappa shape index (κ3) is 2.35. The standard InChI is InChI=1S/C15H16O3/c1-9(2)11-5-3-10-4-6-12(8-14(16)17)15(18)13(10)7-11/h3,5,7-9H,4,6H2,1-2H3,(H,16,17)/b12-8+. The minimum atomic E-state index is -1.05. The molecule has 1 aliphatic carbocycles. The van der Waals surface area contributed by atoms with Crippen LogP contribution in [0.25, 0.3) is 0 Å². The van der Waals surface area contributed by atoms with Gasteiger partial charge in [0.1, 0.15) is 0 Å². The highest BCUT2D eigenvalue weighted by Crippen LogP contribution is 2.28.